The molecule has 0 radical (unpaired) electrons. The highest BCUT2D eigenvalue weighted by atomic mass is 32.2. The van der Waals surface area contributed by atoms with E-state index in [1.54, 1.807) is 6.92 Å². The van der Waals surface area contributed by atoms with E-state index < -0.39 is 19.5 Å². The second-order valence-corrected chi connectivity index (χ2v) is 13.1. The Hall–Kier alpha value is -0.200. The van der Waals surface area contributed by atoms with Crippen molar-refractivity contribution in [2.24, 2.45) is 0 Å². The predicted molar refractivity (Wildman–Crippen MR) is 162 cm³/mol. The van der Waals surface area contributed by atoms with E-state index >= 15 is 0 Å². The first-order valence-electron chi connectivity index (χ1n) is 15.7. The molecule has 0 saturated heterocycles. The summed E-state index contributed by atoms with van der Waals surface area (Å²) in [7, 11) is -2.83. The molecule has 0 amide bonds. The number of hydrogen-bond acceptors (Lipinski definition) is 7. The molecular formula is C30H60O6PS+. The molecule has 0 heterocycles. The number of unbranched alkanes of at least 4 members (excludes halogenated alkanes) is 14. The Morgan fingerprint density at radius 3 is 1.79 bits per heavy atom. The summed E-state index contributed by atoms with van der Waals surface area (Å²) in [5.74, 6) is -0.0112. The van der Waals surface area contributed by atoms with Crippen molar-refractivity contribution in [1.82, 2.24) is 0 Å². The van der Waals surface area contributed by atoms with Crippen LogP contribution in [0.4, 0.5) is 0 Å². The largest absolute Gasteiger partial charge is 0.589 e. The number of carbonyl (C=O) groups excluding carboxylic acids is 1. The van der Waals surface area contributed by atoms with E-state index in [-0.39, 0.29) is 24.6 Å². The Morgan fingerprint density at radius 2 is 1.29 bits per heavy atom. The summed E-state index contributed by atoms with van der Waals surface area (Å²) in [6.07, 6.45) is 21.6. The van der Waals surface area contributed by atoms with Crippen molar-refractivity contribution in [3.8, 4) is 0 Å². The van der Waals surface area contributed by atoms with E-state index in [1.807, 2.05) is 25.6 Å². The lowest BCUT2D eigenvalue weighted by Gasteiger charge is -2.22. The van der Waals surface area contributed by atoms with E-state index in [0.29, 0.717) is 6.42 Å². The third kappa shape index (κ3) is 18.2. The Balaban J connectivity index is 4.77. The standard InChI is InChI=1S/C30H60O6PS/c1-6-10-12-14-16-17-18-19-21-23-26-38-28(24-22-20-15-13-11-7-2)27(5)36-37(33)30(32,35-25-8-3)29(31)34-9-4/h27-28,32H,6-26H2,1-5H3/q+1. The average Bonchev–Trinajstić information content (AvgIpc) is 2.90. The average molecular weight is 580 g/mol. The molecule has 0 bridgehead atoms. The number of esters is 1. The molecule has 0 aromatic heterocycles. The fourth-order valence-corrected chi connectivity index (χ4v) is 6.77. The van der Waals surface area contributed by atoms with Gasteiger partial charge in [-0.25, -0.2) is 4.79 Å². The van der Waals surface area contributed by atoms with E-state index in [1.165, 1.54) is 96.3 Å². The summed E-state index contributed by atoms with van der Waals surface area (Å²) in [6, 6.07) is 0. The first-order chi connectivity index (χ1) is 18.4. The minimum absolute atomic E-state index is 0.0602. The molecule has 4 atom stereocenters. The van der Waals surface area contributed by atoms with E-state index in [2.05, 4.69) is 13.8 Å². The molecule has 0 aliphatic rings. The Kier molecular flexibility index (Phi) is 25.6. The molecule has 0 aromatic carbocycles. The van der Waals surface area contributed by atoms with Gasteiger partial charge in [0.2, 0.25) is 0 Å². The van der Waals surface area contributed by atoms with Gasteiger partial charge in [0.1, 0.15) is 6.10 Å². The maximum absolute atomic E-state index is 13.1. The highest BCUT2D eigenvalue weighted by Gasteiger charge is 2.62. The molecule has 226 valence electrons. The van der Waals surface area contributed by atoms with Gasteiger partial charge in [0.25, 0.3) is 0 Å². The Labute approximate surface area is 240 Å². The number of hydrogen-bond donors (Lipinski definition) is 1. The van der Waals surface area contributed by atoms with Crippen molar-refractivity contribution in [3.05, 3.63) is 0 Å². The fourth-order valence-electron chi connectivity index (χ4n) is 4.35. The maximum Gasteiger partial charge on any atom is 0.589 e. The summed E-state index contributed by atoms with van der Waals surface area (Å²) in [5, 5.41) is 11.0. The number of ether oxygens (including phenoxy) is 2. The van der Waals surface area contributed by atoms with E-state index in [9.17, 15) is 14.5 Å². The zero-order valence-electron chi connectivity index (χ0n) is 25.3. The van der Waals surface area contributed by atoms with Gasteiger partial charge in [-0.3, -0.25) is 4.74 Å². The monoisotopic (exact) mass is 579 g/mol. The maximum atomic E-state index is 13.1. The number of carbonyl (C=O) groups is 1. The quantitative estimate of drug-likeness (QED) is 0.0428. The van der Waals surface area contributed by atoms with Crippen LogP contribution in [0.1, 0.15) is 150 Å². The lowest BCUT2D eigenvalue weighted by Crippen LogP contribution is -2.41. The van der Waals surface area contributed by atoms with Crippen LogP contribution in [0, 0.1) is 0 Å². The molecule has 0 saturated carbocycles. The number of thioether (sulfide) groups is 1. The molecular weight excluding hydrogens is 519 g/mol. The normalized spacial score (nSPS) is 15.2. The third-order valence-corrected chi connectivity index (χ3v) is 9.66. The topological polar surface area (TPSA) is 82.1 Å². The van der Waals surface area contributed by atoms with Crippen LogP contribution in [-0.4, -0.2) is 46.9 Å². The highest BCUT2D eigenvalue weighted by molar-refractivity contribution is 7.99. The molecule has 0 fully saturated rings. The summed E-state index contributed by atoms with van der Waals surface area (Å²) in [5.41, 5.74) is -2.57. The van der Waals surface area contributed by atoms with Crippen LogP contribution in [0.15, 0.2) is 0 Å². The predicted octanol–water partition coefficient (Wildman–Crippen LogP) is 9.54. The number of aliphatic hydroxyl groups is 1. The Morgan fingerprint density at radius 1 is 0.789 bits per heavy atom. The summed E-state index contributed by atoms with van der Waals surface area (Å²) < 4.78 is 29.1. The highest BCUT2D eigenvalue weighted by Crippen LogP contribution is 2.43. The third-order valence-electron chi connectivity index (χ3n) is 6.75. The van der Waals surface area contributed by atoms with Gasteiger partial charge >= 0.3 is 19.5 Å². The summed E-state index contributed by atoms with van der Waals surface area (Å²) >= 11 is 1.87. The fraction of sp³-hybridized carbons (Fsp3) is 0.967. The molecule has 1 N–H and O–H groups in total. The van der Waals surface area contributed by atoms with Gasteiger partial charge in [0, 0.05) is 5.25 Å². The van der Waals surface area contributed by atoms with Crippen LogP contribution in [0.2, 0.25) is 0 Å². The van der Waals surface area contributed by atoms with Crippen LogP contribution in [0.3, 0.4) is 0 Å². The van der Waals surface area contributed by atoms with Crippen LogP contribution in [-0.2, 0) is 23.4 Å². The van der Waals surface area contributed by atoms with Gasteiger partial charge in [-0.2, -0.15) is 11.8 Å². The van der Waals surface area contributed by atoms with E-state index in [4.69, 9.17) is 14.0 Å². The van der Waals surface area contributed by atoms with Crippen molar-refractivity contribution in [3.63, 3.8) is 0 Å². The summed E-state index contributed by atoms with van der Waals surface area (Å²) in [4.78, 5) is 12.4. The molecule has 38 heavy (non-hydrogen) atoms. The molecule has 0 aliphatic heterocycles. The zero-order valence-corrected chi connectivity index (χ0v) is 27.1. The molecule has 4 unspecified atom stereocenters. The van der Waals surface area contributed by atoms with Crippen molar-refractivity contribution in [2.75, 3.05) is 19.0 Å². The van der Waals surface area contributed by atoms with Crippen LogP contribution < -0.4 is 0 Å². The van der Waals surface area contributed by atoms with Gasteiger partial charge in [-0.05, 0) is 43.4 Å². The number of rotatable bonds is 28. The zero-order chi connectivity index (χ0) is 28.5. The lowest BCUT2D eigenvalue weighted by molar-refractivity contribution is -0.198. The molecule has 0 rings (SSSR count). The Bertz CT molecular complexity index is 579. The second-order valence-electron chi connectivity index (χ2n) is 10.4. The molecule has 0 aromatic rings. The molecule has 8 heteroatoms. The van der Waals surface area contributed by atoms with Crippen LogP contribution in [0.5, 0.6) is 0 Å². The van der Waals surface area contributed by atoms with Crippen LogP contribution >= 0.6 is 19.8 Å². The van der Waals surface area contributed by atoms with Gasteiger partial charge in [-0.15, -0.1) is 4.52 Å². The second kappa shape index (κ2) is 25.7. The minimum Gasteiger partial charge on any atom is -0.458 e. The van der Waals surface area contributed by atoms with Crippen LogP contribution in [0.25, 0.3) is 0 Å². The van der Waals surface area contributed by atoms with E-state index in [0.717, 1.165) is 18.6 Å². The van der Waals surface area contributed by atoms with Crippen molar-refractivity contribution >= 4 is 25.8 Å². The smallest absolute Gasteiger partial charge is 0.458 e. The van der Waals surface area contributed by atoms with Crippen molar-refractivity contribution < 1.29 is 28.5 Å². The molecule has 6 nitrogen and oxygen atoms in total. The van der Waals surface area contributed by atoms with Gasteiger partial charge in [-0.1, -0.05) is 117 Å². The van der Waals surface area contributed by atoms with Gasteiger partial charge in [0.05, 0.1) is 13.2 Å². The molecule has 0 spiro atoms. The first-order valence-corrected chi connectivity index (χ1v) is 17.9. The van der Waals surface area contributed by atoms with Gasteiger partial charge < -0.3 is 9.84 Å². The first kappa shape index (κ1) is 37.8. The lowest BCUT2D eigenvalue weighted by atomic mass is 10.1. The minimum atomic E-state index is -2.83. The van der Waals surface area contributed by atoms with Gasteiger partial charge in [0.15, 0.2) is 0 Å². The SMILES string of the molecule is CCCCCCCCCCCCSC(CCCCCCCC)C(C)O[P+](=O)C(O)(OCCC)C(=O)OCC. The summed E-state index contributed by atoms with van der Waals surface area (Å²) in [6.45, 7) is 10.0. The molecule has 0 aliphatic carbocycles. The van der Waals surface area contributed by atoms with Crippen molar-refractivity contribution in [2.45, 2.75) is 167 Å². The van der Waals surface area contributed by atoms with Crippen molar-refractivity contribution in [1.29, 1.82) is 0 Å².